The maximum Gasteiger partial charge on any atom is 0.450 e. The normalized spacial score (nSPS) is 11.7. The Morgan fingerprint density at radius 2 is 1.69 bits per heavy atom. The van der Waals surface area contributed by atoms with Crippen molar-refractivity contribution in [2.45, 2.75) is 6.18 Å². The lowest BCUT2D eigenvalue weighted by molar-refractivity contribution is -0.152. The third kappa shape index (κ3) is 2.87. The molecule has 5 nitrogen and oxygen atoms in total. The molecule has 1 heterocycles. The first kappa shape index (κ1) is 17.5. The summed E-state index contributed by atoms with van der Waals surface area (Å²) in [6.45, 7) is 0. The molecule has 0 unspecified atom stereocenters. The number of aromatic hydroxyl groups is 1. The molecular formula is C17H8F4O5. The van der Waals surface area contributed by atoms with E-state index in [4.69, 9.17) is 9.52 Å². The van der Waals surface area contributed by atoms with E-state index >= 15 is 0 Å². The Morgan fingerprint density at radius 1 is 1.08 bits per heavy atom. The number of alkyl halides is 3. The topological polar surface area (TPSA) is 87.7 Å². The van der Waals surface area contributed by atoms with Crippen LogP contribution in [0.15, 0.2) is 45.6 Å². The second-order valence-corrected chi connectivity index (χ2v) is 5.32. The van der Waals surface area contributed by atoms with Gasteiger partial charge in [0.1, 0.15) is 5.58 Å². The van der Waals surface area contributed by atoms with Gasteiger partial charge in [0.15, 0.2) is 11.6 Å². The minimum Gasteiger partial charge on any atom is -0.505 e. The van der Waals surface area contributed by atoms with Crippen LogP contribution in [0.5, 0.6) is 5.75 Å². The predicted molar refractivity (Wildman–Crippen MR) is 81.5 cm³/mol. The largest absolute Gasteiger partial charge is 0.505 e. The van der Waals surface area contributed by atoms with Crippen LogP contribution in [0.25, 0.3) is 22.1 Å². The van der Waals surface area contributed by atoms with Crippen LogP contribution in [-0.4, -0.2) is 16.2 Å². The number of rotatable bonds is 2. The second-order valence-electron chi connectivity index (χ2n) is 5.32. The summed E-state index contributed by atoms with van der Waals surface area (Å²) in [5, 5.41) is 17.7. The van der Waals surface area contributed by atoms with Crippen LogP contribution >= 0.6 is 0 Å². The summed E-state index contributed by atoms with van der Waals surface area (Å²) < 4.78 is 58.4. The van der Waals surface area contributed by atoms with Crippen molar-refractivity contribution in [3.05, 3.63) is 63.8 Å². The van der Waals surface area contributed by atoms with Crippen molar-refractivity contribution in [1.29, 1.82) is 0 Å². The number of aromatic carboxylic acids is 1. The number of carboxylic acids is 1. The number of halogens is 4. The third-order valence-corrected chi connectivity index (χ3v) is 3.64. The zero-order valence-corrected chi connectivity index (χ0v) is 12.6. The van der Waals surface area contributed by atoms with Crippen LogP contribution in [0.3, 0.4) is 0 Å². The fourth-order valence-electron chi connectivity index (χ4n) is 2.44. The highest BCUT2D eigenvalue weighted by atomic mass is 19.4. The molecule has 0 bridgehead atoms. The molecule has 2 aromatic carbocycles. The molecule has 134 valence electrons. The standard InChI is InChI=1S/C17H8F4O5/c18-10-5-9-12(6-11(10)22)26-15(17(19,20)21)13(14(9)23)7-1-3-8(4-2-7)16(24)25/h1-6,22H,(H,24,25). The first-order chi connectivity index (χ1) is 12.1. The monoisotopic (exact) mass is 368 g/mol. The maximum absolute atomic E-state index is 13.5. The molecule has 0 aliphatic carbocycles. The lowest BCUT2D eigenvalue weighted by atomic mass is 10.0. The molecule has 0 saturated carbocycles. The van der Waals surface area contributed by atoms with E-state index in [9.17, 15) is 32.3 Å². The molecule has 0 fully saturated rings. The van der Waals surface area contributed by atoms with Crippen LogP contribution in [0.2, 0.25) is 0 Å². The van der Waals surface area contributed by atoms with E-state index in [1.807, 2.05) is 0 Å². The predicted octanol–water partition coefficient (Wildman–Crippen LogP) is 4.02. The molecule has 0 amide bonds. The van der Waals surface area contributed by atoms with E-state index in [1.165, 1.54) is 0 Å². The average Bonchev–Trinajstić information content (AvgIpc) is 2.56. The van der Waals surface area contributed by atoms with Gasteiger partial charge < -0.3 is 14.6 Å². The van der Waals surface area contributed by atoms with E-state index < -0.39 is 51.4 Å². The third-order valence-electron chi connectivity index (χ3n) is 3.64. The summed E-state index contributed by atoms with van der Waals surface area (Å²) in [5.41, 5.74) is -3.12. The molecule has 0 atom stereocenters. The van der Waals surface area contributed by atoms with Crippen LogP contribution in [0.1, 0.15) is 16.1 Å². The Morgan fingerprint density at radius 3 is 2.23 bits per heavy atom. The van der Waals surface area contributed by atoms with E-state index in [1.54, 1.807) is 0 Å². The average molecular weight is 368 g/mol. The summed E-state index contributed by atoms with van der Waals surface area (Å²) in [5.74, 6) is -5.09. The number of carbonyl (C=O) groups is 1. The Labute approximate surface area is 141 Å². The van der Waals surface area contributed by atoms with E-state index in [2.05, 4.69) is 0 Å². The van der Waals surface area contributed by atoms with Crippen molar-refractivity contribution in [3.63, 3.8) is 0 Å². The number of carboxylic acid groups (broad SMARTS) is 1. The van der Waals surface area contributed by atoms with Crippen LogP contribution in [0, 0.1) is 5.82 Å². The van der Waals surface area contributed by atoms with Crippen LogP contribution in [0.4, 0.5) is 17.6 Å². The van der Waals surface area contributed by atoms with Gasteiger partial charge >= 0.3 is 12.1 Å². The first-order valence-corrected chi connectivity index (χ1v) is 7.00. The van der Waals surface area contributed by atoms with Gasteiger partial charge in [-0.05, 0) is 23.8 Å². The van der Waals surface area contributed by atoms with Gasteiger partial charge in [-0.25, -0.2) is 9.18 Å². The van der Waals surface area contributed by atoms with Crippen molar-refractivity contribution in [2.24, 2.45) is 0 Å². The highest BCUT2D eigenvalue weighted by molar-refractivity contribution is 5.89. The number of hydrogen-bond donors (Lipinski definition) is 2. The van der Waals surface area contributed by atoms with Crippen molar-refractivity contribution < 1.29 is 37.0 Å². The smallest absolute Gasteiger partial charge is 0.450 e. The molecule has 0 spiro atoms. The van der Waals surface area contributed by atoms with E-state index in [-0.39, 0.29) is 11.1 Å². The van der Waals surface area contributed by atoms with Gasteiger partial charge in [0.25, 0.3) is 0 Å². The zero-order valence-electron chi connectivity index (χ0n) is 12.6. The second kappa shape index (κ2) is 5.87. The van der Waals surface area contributed by atoms with E-state index in [0.29, 0.717) is 12.1 Å². The van der Waals surface area contributed by atoms with Gasteiger partial charge in [0.05, 0.1) is 16.5 Å². The number of phenols is 1. The molecule has 2 N–H and O–H groups in total. The molecule has 3 aromatic rings. The summed E-state index contributed by atoms with van der Waals surface area (Å²) in [7, 11) is 0. The summed E-state index contributed by atoms with van der Waals surface area (Å²) in [6, 6.07) is 5.25. The molecule has 3 rings (SSSR count). The van der Waals surface area contributed by atoms with Gasteiger partial charge in [0.2, 0.25) is 11.2 Å². The Bertz CT molecular complexity index is 1080. The Hall–Kier alpha value is -3.36. The first-order valence-electron chi connectivity index (χ1n) is 7.00. The number of benzene rings is 2. The van der Waals surface area contributed by atoms with Gasteiger partial charge in [-0.15, -0.1) is 0 Å². The Kier molecular flexibility index (Phi) is 3.94. The fourth-order valence-corrected chi connectivity index (χ4v) is 2.44. The Balaban J connectivity index is 2.38. The number of phenolic OH excluding ortho intramolecular Hbond substituents is 1. The zero-order chi connectivity index (χ0) is 19.2. The molecule has 0 aliphatic rings. The van der Waals surface area contributed by atoms with Crippen molar-refractivity contribution in [2.75, 3.05) is 0 Å². The molecular weight excluding hydrogens is 360 g/mol. The summed E-state index contributed by atoms with van der Waals surface area (Å²) in [4.78, 5) is 23.4. The highest BCUT2D eigenvalue weighted by Crippen LogP contribution is 2.38. The SMILES string of the molecule is O=C(O)c1ccc(-c2c(C(F)(F)F)oc3cc(O)c(F)cc3c2=O)cc1. The number of hydrogen-bond acceptors (Lipinski definition) is 4. The van der Waals surface area contributed by atoms with Crippen molar-refractivity contribution in [1.82, 2.24) is 0 Å². The lowest BCUT2D eigenvalue weighted by Gasteiger charge is -2.13. The fraction of sp³-hybridized carbons (Fsp3) is 0.0588. The quantitative estimate of drug-likeness (QED) is 0.667. The maximum atomic E-state index is 13.5. The molecule has 26 heavy (non-hydrogen) atoms. The summed E-state index contributed by atoms with van der Waals surface area (Å²) in [6.07, 6.45) is -5.06. The van der Waals surface area contributed by atoms with Crippen molar-refractivity contribution >= 4 is 16.9 Å². The minimum atomic E-state index is -5.06. The van der Waals surface area contributed by atoms with Crippen LogP contribution < -0.4 is 5.43 Å². The number of fused-ring (bicyclic) bond motifs is 1. The van der Waals surface area contributed by atoms with Crippen LogP contribution in [-0.2, 0) is 6.18 Å². The molecule has 0 aliphatic heterocycles. The van der Waals surface area contributed by atoms with Gasteiger partial charge in [-0.3, -0.25) is 4.79 Å². The molecule has 9 heteroatoms. The van der Waals surface area contributed by atoms with E-state index in [0.717, 1.165) is 24.3 Å². The molecule has 0 saturated heterocycles. The van der Waals surface area contributed by atoms with Gasteiger partial charge in [-0.2, -0.15) is 13.2 Å². The lowest BCUT2D eigenvalue weighted by Crippen LogP contribution is -2.16. The molecule has 1 aromatic heterocycles. The van der Waals surface area contributed by atoms with Crippen molar-refractivity contribution in [3.8, 4) is 16.9 Å². The molecule has 0 radical (unpaired) electrons. The minimum absolute atomic E-state index is 0.191. The van der Waals surface area contributed by atoms with Gasteiger partial charge in [0, 0.05) is 6.07 Å². The summed E-state index contributed by atoms with van der Waals surface area (Å²) >= 11 is 0. The van der Waals surface area contributed by atoms with Gasteiger partial charge in [-0.1, -0.05) is 12.1 Å². The highest BCUT2D eigenvalue weighted by Gasteiger charge is 2.39.